The van der Waals surface area contributed by atoms with Gasteiger partial charge in [-0.15, -0.1) is 0 Å². The number of amides is 1. The summed E-state index contributed by atoms with van der Waals surface area (Å²) in [6.45, 7) is 0. The van der Waals surface area contributed by atoms with E-state index in [2.05, 4.69) is 40.9 Å². The van der Waals surface area contributed by atoms with E-state index in [0.717, 1.165) is 27.1 Å². The van der Waals surface area contributed by atoms with Gasteiger partial charge in [0.2, 0.25) is 0 Å². The van der Waals surface area contributed by atoms with E-state index in [9.17, 15) is 4.79 Å². The van der Waals surface area contributed by atoms with Crippen LogP contribution in [0.3, 0.4) is 0 Å². The van der Waals surface area contributed by atoms with Crippen molar-refractivity contribution in [3.63, 3.8) is 0 Å². The van der Waals surface area contributed by atoms with Gasteiger partial charge in [0, 0.05) is 11.3 Å². The lowest BCUT2D eigenvalue weighted by atomic mass is 9.97. The fourth-order valence-electron chi connectivity index (χ4n) is 3.11. The van der Waals surface area contributed by atoms with Crippen LogP contribution in [0.15, 0.2) is 84.0 Å². The molecule has 4 rings (SSSR count). The molecule has 4 heteroatoms. The van der Waals surface area contributed by atoms with E-state index in [1.54, 1.807) is 30.5 Å². The molecule has 0 fully saturated rings. The van der Waals surface area contributed by atoms with Crippen molar-refractivity contribution >= 4 is 39.4 Å². The van der Waals surface area contributed by atoms with E-state index in [0.29, 0.717) is 11.3 Å². The van der Waals surface area contributed by atoms with Crippen molar-refractivity contribution in [1.82, 2.24) is 5.43 Å². The molecule has 4 aromatic carbocycles. The fraction of sp³-hybridized carbons (Fsp3) is 0. The molecule has 0 unspecified atom stereocenters. The summed E-state index contributed by atoms with van der Waals surface area (Å²) >= 11 is 0. The standard InChI is InChI=1S/C22H17N3O/c23-21-12-6-5-11-19(21)22(26)25-24-14-20-17-9-3-1-7-15(17)13-16-8-2-4-10-18(16)20/h1-14H,23H2,(H,25,26). The van der Waals surface area contributed by atoms with Gasteiger partial charge in [0.15, 0.2) is 0 Å². The normalized spacial score (nSPS) is 11.2. The smallest absolute Gasteiger partial charge is 0.273 e. The third kappa shape index (κ3) is 2.89. The second-order valence-corrected chi connectivity index (χ2v) is 6.02. The van der Waals surface area contributed by atoms with Crippen LogP contribution in [-0.2, 0) is 0 Å². The number of nitrogens with zero attached hydrogens (tertiary/aromatic N) is 1. The number of anilines is 1. The molecule has 3 N–H and O–H groups in total. The molecule has 0 aromatic heterocycles. The minimum atomic E-state index is -0.330. The predicted molar refractivity (Wildman–Crippen MR) is 107 cm³/mol. The number of nitrogen functional groups attached to an aromatic ring is 1. The van der Waals surface area contributed by atoms with E-state index >= 15 is 0 Å². The predicted octanol–water partition coefficient (Wildman–Crippen LogP) is 4.34. The number of nitrogens with two attached hydrogens (primary N) is 1. The molecule has 0 aliphatic carbocycles. The molecule has 0 atom stereocenters. The molecule has 0 spiro atoms. The Balaban J connectivity index is 1.73. The molecule has 26 heavy (non-hydrogen) atoms. The minimum absolute atomic E-state index is 0.330. The Bertz CT molecular complexity index is 1090. The Morgan fingerprint density at radius 2 is 1.42 bits per heavy atom. The summed E-state index contributed by atoms with van der Waals surface area (Å²) in [6.07, 6.45) is 1.70. The lowest BCUT2D eigenvalue weighted by Crippen LogP contribution is -2.19. The van der Waals surface area contributed by atoms with Crippen LogP contribution < -0.4 is 11.2 Å². The number of fused-ring (bicyclic) bond motifs is 2. The zero-order valence-corrected chi connectivity index (χ0v) is 14.0. The number of para-hydroxylation sites is 1. The first-order valence-corrected chi connectivity index (χ1v) is 8.32. The molecule has 1 amide bonds. The molecule has 4 aromatic rings. The molecule has 126 valence electrons. The summed E-state index contributed by atoms with van der Waals surface area (Å²) in [5.41, 5.74) is 10.2. The summed E-state index contributed by atoms with van der Waals surface area (Å²) in [4.78, 5) is 12.3. The van der Waals surface area contributed by atoms with Crippen LogP contribution in [0.5, 0.6) is 0 Å². The molecule has 4 nitrogen and oxygen atoms in total. The Kier molecular flexibility index (Phi) is 4.07. The second-order valence-electron chi connectivity index (χ2n) is 6.02. The van der Waals surface area contributed by atoms with Crippen LogP contribution in [0.1, 0.15) is 15.9 Å². The number of hydrazone groups is 1. The summed E-state index contributed by atoms with van der Waals surface area (Å²) < 4.78 is 0. The van der Waals surface area contributed by atoms with E-state index in [1.165, 1.54) is 0 Å². The Labute approximate surface area is 150 Å². The molecule has 0 saturated carbocycles. The summed E-state index contributed by atoms with van der Waals surface area (Å²) in [5, 5.41) is 8.61. The Hall–Kier alpha value is -3.66. The number of nitrogens with one attached hydrogen (secondary N) is 1. The summed E-state index contributed by atoms with van der Waals surface area (Å²) in [5.74, 6) is -0.330. The van der Waals surface area contributed by atoms with Crippen LogP contribution in [0.4, 0.5) is 5.69 Å². The van der Waals surface area contributed by atoms with Crippen LogP contribution >= 0.6 is 0 Å². The molecule has 0 heterocycles. The summed E-state index contributed by atoms with van der Waals surface area (Å²) in [7, 11) is 0. The van der Waals surface area contributed by atoms with Gasteiger partial charge >= 0.3 is 0 Å². The first kappa shape index (κ1) is 15.8. The van der Waals surface area contributed by atoms with Crippen molar-refractivity contribution in [3.05, 3.63) is 90.0 Å². The Morgan fingerprint density at radius 1 is 0.846 bits per heavy atom. The number of rotatable bonds is 3. The largest absolute Gasteiger partial charge is 0.398 e. The van der Waals surface area contributed by atoms with Gasteiger partial charge in [-0.3, -0.25) is 4.79 Å². The molecule has 0 saturated heterocycles. The van der Waals surface area contributed by atoms with Gasteiger partial charge in [0.1, 0.15) is 0 Å². The van der Waals surface area contributed by atoms with Gasteiger partial charge < -0.3 is 5.73 Å². The van der Waals surface area contributed by atoms with Gasteiger partial charge in [0.25, 0.3) is 5.91 Å². The average Bonchev–Trinajstić information content (AvgIpc) is 2.67. The number of carbonyl (C=O) groups excluding carboxylic acids is 1. The summed E-state index contributed by atoms with van der Waals surface area (Å²) in [6, 6.07) is 25.4. The van der Waals surface area contributed by atoms with Crippen molar-refractivity contribution in [2.75, 3.05) is 5.73 Å². The van der Waals surface area contributed by atoms with Crippen molar-refractivity contribution < 1.29 is 4.79 Å². The molecule has 0 bridgehead atoms. The molecule has 0 aliphatic heterocycles. The van der Waals surface area contributed by atoms with Crippen molar-refractivity contribution in [2.45, 2.75) is 0 Å². The topological polar surface area (TPSA) is 67.5 Å². The third-order valence-corrected chi connectivity index (χ3v) is 4.38. The number of benzene rings is 4. The third-order valence-electron chi connectivity index (χ3n) is 4.38. The van der Waals surface area contributed by atoms with E-state index in [1.807, 2.05) is 24.3 Å². The van der Waals surface area contributed by atoms with Crippen molar-refractivity contribution in [2.24, 2.45) is 5.10 Å². The van der Waals surface area contributed by atoms with Crippen LogP contribution in [0.25, 0.3) is 21.5 Å². The molecule has 0 radical (unpaired) electrons. The van der Waals surface area contributed by atoms with Gasteiger partial charge in [-0.2, -0.15) is 5.10 Å². The first-order chi connectivity index (χ1) is 12.7. The van der Waals surface area contributed by atoms with E-state index < -0.39 is 0 Å². The highest BCUT2D eigenvalue weighted by Gasteiger charge is 2.08. The maximum absolute atomic E-state index is 12.3. The molecular weight excluding hydrogens is 322 g/mol. The number of carbonyl (C=O) groups is 1. The van der Waals surface area contributed by atoms with Crippen molar-refractivity contribution in [3.8, 4) is 0 Å². The van der Waals surface area contributed by atoms with Crippen LogP contribution in [-0.4, -0.2) is 12.1 Å². The highest BCUT2D eigenvalue weighted by molar-refractivity contribution is 6.13. The number of hydrogen-bond acceptors (Lipinski definition) is 3. The second kappa shape index (κ2) is 6.69. The molecular formula is C22H17N3O. The average molecular weight is 339 g/mol. The lowest BCUT2D eigenvalue weighted by molar-refractivity contribution is 0.0956. The SMILES string of the molecule is Nc1ccccc1C(=O)NN=Cc1c2ccccc2cc2ccccc12. The zero-order valence-electron chi connectivity index (χ0n) is 14.0. The van der Waals surface area contributed by atoms with E-state index in [4.69, 9.17) is 5.73 Å². The Morgan fingerprint density at radius 3 is 2.08 bits per heavy atom. The lowest BCUT2D eigenvalue weighted by Gasteiger charge is -2.08. The highest BCUT2D eigenvalue weighted by atomic mass is 16.2. The van der Waals surface area contributed by atoms with Crippen LogP contribution in [0, 0.1) is 0 Å². The highest BCUT2D eigenvalue weighted by Crippen LogP contribution is 2.27. The van der Waals surface area contributed by atoms with Gasteiger partial charge in [-0.05, 0) is 39.7 Å². The first-order valence-electron chi connectivity index (χ1n) is 8.32. The van der Waals surface area contributed by atoms with Crippen LogP contribution in [0.2, 0.25) is 0 Å². The fourth-order valence-corrected chi connectivity index (χ4v) is 3.11. The quantitative estimate of drug-likeness (QED) is 0.252. The number of hydrogen-bond donors (Lipinski definition) is 2. The van der Waals surface area contributed by atoms with Crippen molar-refractivity contribution in [1.29, 1.82) is 0 Å². The van der Waals surface area contributed by atoms with Gasteiger partial charge in [0.05, 0.1) is 11.8 Å². The van der Waals surface area contributed by atoms with Gasteiger partial charge in [-0.25, -0.2) is 5.43 Å². The minimum Gasteiger partial charge on any atom is -0.398 e. The molecule has 0 aliphatic rings. The maximum Gasteiger partial charge on any atom is 0.273 e. The van der Waals surface area contributed by atoms with Gasteiger partial charge in [-0.1, -0.05) is 60.7 Å². The zero-order chi connectivity index (χ0) is 17.9. The maximum atomic E-state index is 12.3. The van der Waals surface area contributed by atoms with E-state index in [-0.39, 0.29) is 5.91 Å². The monoisotopic (exact) mass is 339 g/mol.